The van der Waals surface area contributed by atoms with E-state index in [-0.39, 0.29) is 4.90 Å². The van der Waals surface area contributed by atoms with E-state index in [4.69, 9.17) is 5.14 Å². The molecule has 0 spiro atoms. The molecule has 20 heavy (non-hydrogen) atoms. The molecule has 1 unspecified atom stereocenters. The number of rotatable bonds is 5. The second kappa shape index (κ2) is 6.07. The summed E-state index contributed by atoms with van der Waals surface area (Å²) in [7, 11) is -3.62. The molecular weight excluding hydrogens is 272 g/mol. The van der Waals surface area contributed by atoms with Gasteiger partial charge in [0, 0.05) is 12.2 Å². The van der Waals surface area contributed by atoms with Crippen molar-refractivity contribution in [3.8, 4) is 0 Å². The zero-order valence-corrected chi connectivity index (χ0v) is 12.1. The van der Waals surface area contributed by atoms with Crippen LogP contribution in [0.1, 0.15) is 18.4 Å². The fraction of sp³-hybridized carbons (Fsp3) is 0.200. The summed E-state index contributed by atoms with van der Waals surface area (Å²) in [6.07, 6.45) is 0. The molecule has 2 aromatic rings. The number of benzene rings is 2. The van der Waals surface area contributed by atoms with Gasteiger partial charge in [0.15, 0.2) is 0 Å². The number of primary sulfonamides is 1. The van der Waals surface area contributed by atoms with Gasteiger partial charge in [0.1, 0.15) is 0 Å². The van der Waals surface area contributed by atoms with Crippen LogP contribution in [0.4, 0.5) is 5.69 Å². The van der Waals surface area contributed by atoms with E-state index in [0.717, 1.165) is 12.2 Å². The van der Waals surface area contributed by atoms with Crippen molar-refractivity contribution >= 4 is 15.7 Å². The lowest BCUT2D eigenvalue weighted by Gasteiger charge is -2.14. The molecule has 0 fully saturated rings. The summed E-state index contributed by atoms with van der Waals surface area (Å²) in [6.45, 7) is 2.92. The van der Waals surface area contributed by atoms with Gasteiger partial charge in [-0.05, 0) is 35.7 Å². The molecule has 3 N–H and O–H groups in total. The predicted molar refractivity (Wildman–Crippen MR) is 81.2 cm³/mol. The van der Waals surface area contributed by atoms with Gasteiger partial charge in [-0.3, -0.25) is 0 Å². The molecule has 0 amide bonds. The van der Waals surface area contributed by atoms with Gasteiger partial charge in [0.2, 0.25) is 10.0 Å². The Bertz CT molecular complexity index is 652. The van der Waals surface area contributed by atoms with Gasteiger partial charge >= 0.3 is 0 Å². The highest BCUT2D eigenvalue weighted by atomic mass is 32.2. The van der Waals surface area contributed by atoms with Crippen molar-refractivity contribution < 1.29 is 8.42 Å². The molecule has 2 aromatic carbocycles. The average molecular weight is 290 g/mol. The fourth-order valence-corrected chi connectivity index (χ4v) is 2.45. The molecule has 5 heteroatoms. The van der Waals surface area contributed by atoms with Crippen molar-refractivity contribution in [3.05, 3.63) is 60.2 Å². The van der Waals surface area contributed by atoms with Gasteiger partial charge in [-0.15, -0.1) is 0 Å². The SMILES string of the molecule is CC(CNc1ccc(S(N)(=O)=O)cc1)c1ccccc1. The summed E-state index contributed by atoms with van der Waals surface area (Å²) in [5.41, 5.74) is 2.14. The Morgan fingerprint density at radius 3 is 2.20 bits per heavy atom. The molecule has 0 aliphatic carbocycles. The van der Waals surface area contributed by atoms with E-state index < -0.39 is 10.0 Å². The van der Waals surface area contributed by atoms with Crippen molar-refractivity contribution in [2.45, 2.75) is 17.7 Å². The van der Waals surface area contributed by atoms with Crippen LogP contribution in [0, 0.1) is 0 Å². The first-order valence-corrected chi connectivity index (χ1v) is 7.93. The third kappa shape index (κ3) is 3.82. The van der Waals surface area contributed by atoms with E-state index >= 15 is 0 Å². The van der Waals surface area contributed by atoms with Gasteiger partial charge in [0.05, 0.1) is 4.90 Å². The Morgan fingerprint density at radius 2 is 1.65 bits per heavy atom. The van der Waals surface area contributed by atoms with Gasteiger partial charge < -0.3 is 5.32 Å². The molecule has 2 rings (SSSR count). The fourth-order valence-electron chi connectivity index (χ4n) is 1.93. The van der Waals surface area contributed by atoms with Crippen LogP contribution in [0.3, 0.4) is 0 Å². The van der Waals surface area contributed by atoms with Gasteiger partial charge in [-0.2, -0.15) is 0 Å². The molecule has 0 aliphatic rings. The Morgan fingerprint density at radius 1 is 1.05 bits per heavy atom. The first-order valence-electron chi connectivity index (χ1n) is 6.38. The largest absolute Gasteiger partial charge is 0.384 e. The maximum Gasteiger partial charge on any atom is 0.238 e. The van der Waals surface area contributed by atoms with E-state index in [0.29, 0.717) is 5.92 Å². The van der Waals surface area contributed by atoms with Crippen LogP contribution in [0.5, 0.6) is 0 Å². The Hall–Kier alpha value is -1.85. The third-order valence-corrected chi connectivity index (χ3v) is 4.09. The zero-order chi connectivity index (χ0) is 14.6. The quantitative estimate of drug-likeness (QED) is 0.889. The molecule has 1 atom stereocenters. The van der Waals surface area contributed by atoms with Gasteiger partial charge in [0.25, 0.3) is 0 Å². The molecule has 0 radical (unpaired) electrons. The number of hydrogen-bond acceptors (Lipinski definition) is 3. The Kier molecular flexibility index (Phi) is 4.42. The lowest BCUT2D eigenvalue weighted by molar-refractivity contribution is 0.598. The number of nitrogens with one attached hydrogen (secondary N) is 1. The lowest BCUT2D eigenvalue weighted by atomic mass is 10.0. The van der Waals surface area contributed by atoms with Crippen LogP contribution in [-0.2, 0) is 10.0 Å². The minimum Gasteiger partial charge on any atom is -0.384 e. The standard InChI is InChI=1S/C15H18N2O2S/c1-12(13-5-3-2-4-6-13)11-17-14-7-9-15(10-8-14)20(16,18)19/h2-10,12,17H,11H2,1H3,(H2,16,18,19). The van der Waals surface area contributed by atoms with Crippen molar-refractivity contribution in [1.29, 1.82) is 0 Å². The summed E-state index contributed by atoms with van der Waals surface area (Å²) < 4.78 is 22.3. The Labute approximate surface area is 119 Å². The number of sulfonamides is 1. The third-order valence-electron chi connectivity index (χ3n) is 3.16. The monoisotopic (exact) mass is 290 g/mol. The summed E-state index contributed by atoms with van der Waals surface area (Å²) in [4.78, 5) is 0.124. The first kappa shape index (κ1) is 14.6. The molecule has 0 saturated heterocycles. The van der Waals surface area contributed by atoms with Crippen molar-refractivity contribution in [1.82, 2.24) is 0 Å². The molecule has 0 heterocycles. The smallest absolute Gasteiger partial charge is 0.238 e. The number of nitrogens with two attached hydrogens (primary N) is 1. The van der Waals surface area contributed by atoms with Crippen molar-refractivity contribution in [2.75, 3.05) is 11.9 Å². The second-order valence-electron chi connectivity index (χ2n) is 4.76. The highest BCUT2D eigenvalue weighted by molar-refractivity contribution is 7.89. The van der Waals surface area contributed by atoms with E-state index in [1.165, 1.54) is 17.7 Å². The highest BCUT2D eigenvalue weighted by Gasteiger charge is 2.07. The molecule has 0 aliphatic heterocycles. The Balaban J connectivity index is 1.98. The van der Waals surface area contributed by atoms with Crippen LogP contribution in [0.25, 0.3) is 0 Å². The van der Waals surface area contributed by atoms with Crippen LogP contribution in [0.2, 0.25) is 0 Å². The van der Waals surface area contributed by atoms with Crippen LogP contribution >= 0.6 is 0 Å². The number of anilines is 1. The average Bonchev–Trinajstić information content (AvgIpc) is 2.45. The highest BCUT2D eigenvalue weighted by Crippen LogP contribution is 2.17. The van der Waals surface area contributed by atoms with E-state index in [9.17, 15) is 8.42 Å². The molecule has 0 bridgehead atoms. The van der Waals surface area contributed by atoms with Gasteiger partial charge in [-0.25, -0.2) is 13.6 Å². The summed E-state index contributed by atoms with van der Waals surface area (Å²) in [5, 5.41) is 8.34. The summed E-state index contributed by atoms with van der Waals surface area (Å²) >= 11 is 0. The minimum atomic E-state index is -3.62. The van der Waals surface area contributed by atoms with Crippen LogP contribution in [0.15, 0.2) is 59.5 Å². The summed E-state index contributed by atoms with van der Waals surface area (Å²) in [5.74, 6) is 0.370. The summed E-state index contributed by atoms with van der Waals surface area (Å²) in [6, 6.07) is 16.7. The molecule has 4 nitrogen and oxygen atoms in total. The topological polar surface area (TPSA) is 72.2 Å². The normalized spacial score (nSPS) is 12.9. The molecular formula is C15H18N2O2S. The lowest BCUT2D eigenvalue weighted by Crippen LogP contribution is -2.12. The first-order chi connectivity index (χ1) is 9.47. The maximum absolute atomic E-state index is 11.2. The van der Waals surface area contributed by atoms with Crippen LogP contribution in [-0.4, -0.2) is 15.0 Å². The van der Waals surface area contributed by atoms with Gasteiger partial charge in [-0.1, -0.05) is 37.3 Å². The van der Waals surface area contributed by atoms with Crippen molar-refractivity contribution in [3.63, 3.8) is 0 Å². The van der Waals surface area contributed by atoms with Crippen molar-refractivity contribution in [2.24, 2.45) is 5.14 Å². The second-order valence-corrected chi connectivity index (χ2v) is 6.32. The van der Waals surface area contributed by atoms with E-state index in [2.05, 4.69) is 24.4 Å². The molecule has 106 valence electrons. The zero-order valence-electron chi connectivity index (χ0n) is 11.3. The van der Waals surface area contributed by atoms with Crippen LogP contribution < -0.4 is 10.5 Å². The molecule has 0 saturated carbocycles. The molecule has 0 aromatic heterocycles. The van der Waals surface area contributed by atoms with E-state index in [1.807, 2.05) is 18.2 Å². The number of hydrogen-bond donors (Lipinski definition) is 2. The maximum atomic E-state index is 11.2. The predicted octanol–water partition coefficient (Wildman–Crippen LogP) is 2.55. The minimum absolute atomic E-state index is 0.124. The van der Waals surface area contributed by atoms with E-state index in [1.54, 1.807) is 12.1 Å².